The summed E-state index contributed by atoms with van der Waals surface area (Å²) in [5.41, 5.74) is 3.32. The third-order valence-corrected chi connectivity index (χ3v) is 4.17. The van der Waals surface area contributed by atoms with Crippen LogP contribution in [0.3, 0.4) is 0 Å². The van der Waals surface area contributed by atoms with E-state index in [-0.39, 0.29) is 5.91 Å². The molecule has 0 bridgehead atoms. The average Bonchev–Trinajstić information content (AvgIpc) is 2.56. The zero-order valence-corrected chi connectivity index (χ0v) is 14.4. The largest absolute Gasteiger partial charge is 0.335 e. The number of rotatable bonds is 3. The first-order valence-corrected chi connectivity index (χ1v) is 8.18. The van der Waals surface area contributed by atoms with Gasteiger partial charge in [-0.05, 0) is 39.1 Å². The van der Waals surface area contributed by atoms with Gasteiger partial charge in [0.15, 0.2) is 0 Å². The molecule has 0 aliphatic carbocycles. The van der Waals surface area contributed by atoms with Crippen LogP contribution in [0.5, 0.6) is 0 Å². The molecule has 0 radical (unpaired) electrons. The lowest BCUT2D eigenvalue weighted by molar-refractivity contribution is 0.0658. The molecule has 0 unspecified atom stereocenters. The summed E-state index contributed by atoms with van der Waals surface area (Å²) >= 11 is 0. The summed E-state index contributed by atoms with van der Waals surface area (Å²) < 4.78 is 0. The maximum atomic E-state index is 12.7. The van der Waals surface area contributed by atoms with Crippen molar-refractivity contribution in [1.29, 1.82) is 0 Å². The van der Waals surface area contributed by atoms with Gasteiger partial charge in [0, 0.05) is 37.6 Å². The van der Waals surface area contributed by atoms with E-state index in [0.29, 0.717) is 11.6 Å². The van der Waals surface area contributed by atoms with Gasteiger partial charge in [0.25, 0.3) is 5.91 Å². The molecule has 1 amide bonds. The van der Waals surface area contributed by atoms with Gasteiger partial charge < -0.3 is 15.1 Å². The molecule has 3 rings (SSSR count). The minimum absolute atomic E-state index is 0.0273. The van der Waals surface area contributed by atoms with Crippen LogP contribution in [-0.2, 0) is 0 Å². The van der Waals surface area contributed by atoms with E-state index in [1.807, 2.05) is 43.0 Å². The molecule has 1 N–H and O–H groups in total. The molecule has 1 aromatic carbocycles. The summed E-state index contributed by atoms with van der Waals surface area (Å²) in [5, 5.41) is 3.18. The van der Waals surface area contributed by atoms with Crippen molar-refractivity contribution in [3.05, 3.63) is 47.3 Å². The van der Waals surface area contributed by atoms with Crippen molar-refractivity contribution in [3.63, 3.8) is 0 Å². The second-order valence-corrected chi connectivity index (χ2v) is 6.30. The van der Waals surface area contributed by atoms with Gasteiger partial charge >= 0.3 is 0 Å². The zero-order valence-electron chi connectivity index (χ0n) is 14.4. The molecule has 2 heterocycles. The molecule has 0 atom stereocenters. The van der Waals surface area contributed by atoms with Gasteiger partial charge in [-0.1, -0.05) is 17.7 Å². The van der Waals surface area contributed by atoms with Gasteiger partial charge in [0.2, 0.25) is 5.95 Å². The van der Waals surface area contributed by atoms with Crippen molar-refractivity contribution in [2.75, 3.05) is 38.5 Å². The number of benzene rings is 1. The number of anilines is 2. The van der Waals surface area contributed by atoms with E-state index in [1.54, 1.807) is 6.07 Å². The molecule has 126 valence electrons. The highest BCUT2D eigenvalue weighted by Gasteiger charge is 2.22. The molecule has 6 heteroatoms. The SMILES string of the molecule is Cc1ccc(Nc2nc(C)cc(C(=O)N3CCN(C)CC3)n2)cc1. The van der Waals surface area contributed by atoms with Crippen LogP contribution in [-0.4, -0.2) is 58.9 Å². The van der Waals surface area contributed by atoms with Crippen LogP contribution in [0.4, 0.5) is 11.6 Å². The summed E-state index contributed by atoms with van der Waals surface area (Å²) in [6, 6.07) is 9.75. The molecule has 6 nitrogen and oxygen atoms in total. The van der Waals surface area contributed by atoms with Crippen LogP contribution < -0.4 is 5.32 Å². The molecule has 1 aliphatic heterocycles. The van der Waals surface area contributed by atoms with Gasteiger partial charge in [0.1, 0.15) is 5.69 Å². The number of aryl methyl sites for hydroxylation is 2. The summed E-state index contributed by atoms with van der Waals surface area (Å²) in [4.78, 5) is 25.6. The van der Waals surface area contributed by atoms with Crippen molar-refractivity contribution in [3.8, 4) is 0 Å². The Morgan fingerprint density at radius 1 is 1.04 bits per heavy atom. The Bertz CT molecular complexity index is 721. The molecule has 24 heavy (non-hydrogen) atoms. The lowest BCUT2D eigenvalue weighted by atomic mass is 10.2. The molecular weight excluding hydrogens is 302 g/mol. The Kier molecular flexibility index (Phi) is 4.76. The predicted molar refractivity (Wildman–Crippen MR) is 94.6 cm³/mol. The van der Waals surface area contributed by atoms with Crippen molar-refractivity contribution < 1.29 is 4.79 Å². The lowest BCUT2D eigenvalue weighted by Gasteiger charge is -2.32. The van der Waals surface area contributed by atoms with Crippen molar-refractivity contribution in [1.82, 2.24) is 19.8 Å². The van der Waals surface area contributed by atoms with E-state index in [4.69, 9.17) is 0 Å². The number of amides is 1. The topological polar surface area (TPSA) is 61.4 Å². The van der Waals surface area contributed by atoms with Crippen molar-refractivity contribution in [2.24, 2.45) is 0 Å². The zero-order chi connectivity index (χ0) is 17.1. The fourth-order valence-electron chi connectivity index (χ4n) is 2.67. The van der Waals surface area contributed by atoms with Crippen molar-refractivity contribution in [2.45, 2.75) is 13.8 Å². The summed E-state index contributed by atoms with van der Waals surface area (Å²) in [7, 11) is 2.07. The molecule has 2 aromatic rings. The second-order valence-electron chi connectivity index (χ2n) is 6.30. The molecule has 0 saturated carbocycles. The Labute approximate surface area is 142 Å². The van der Waals surface area contributed by atoms with Gasteiger partial charge in [0.05, 0.1) is 0 Å². The van der Waals surface area contributed by atoms with E-state index in [0.717, 1.165) is 37.6 Å². The molecule has 1 saturated heterocycles. The maximum absolute atomic E-state index is 12.7. The highest BCUT2D eigenvalue weighted by Crippen LogP contribution is 2.16. The van der Waals surface area contributed by atoms with Crippen LogP contribution in [0.15, 0.2) is 30.3 Å². The predicted octanol–water partition coefficient (Wildman–Crippen LogP) is 2.22. The van der Waals surface area contributed by atoms with Gasteiger partial charge in [-0.15, -0.1) is 0 Å². The first-order chi connectivity index (χ1) is 11.5. The smallest absolute Gasteiger partial charge is 0.272 e. The third-order valence-electron chi connectivity index (χ3n) is 4.17. The van der Waals surface area contributed by atoms with Gasteiger partial charge in [-0.25, -0.2) is 9.97 Å². The van der Waals surface area contributed by atoms with Crippen molar-refractivity contribution >= 4 is 17.5 Å². The normalized spacial score (nSPS) is 15.4. The van der Waals surface area contributed by atoms with Crippen LogP contribution in [0.25, 0.3) is 0 Å². The fourth-order valence-corrected chi connectivity index (χ4v) is 2.67. The minimum Gasteiger partial charge on any atom is -0.335 e. The van der Waals surface area contributed by atoms with E-state index in [1.165, 1.54) is 5.56 Å². The first kappa shape index (κ1) is 16.4. The number of nitrogens with one attached hydrogen (secondary N) is 1. The van der Waals surface area contributed by atoms with E-state index >= 15 is 0 Å². The number of hydrogen-bond donors (Lipinski definition) is 1. The van der Waals surface area contributed by atoms with Gasteiger partial charge in [-0.3, -0.25) is 4.79 Å². The quantitative estimate of drug-likeness (QED) is 0.937. The van der Waals surface area contributed by atoms with Crippen LogP contribution in [0, 0.1) is 13.8 Å². The van der Waals surface area contributed by atoms with E-state index < -0.39 is 0 Å². The minimum atomic E-state index is -0.0273. The summed E-state index contributed by atoms with van der Waals surface area (Å²) in [5.74, 6) is 0.428. The number of aromatic nitrogens is 2. The Balaban J connectivity index is 1.78. The number of hydrogen-bond acceptors (Lipinski definition) is 5. The van der Waals surface area contributed by atoms with E-state index in [9.17, 15) is 4.79 Å². The Morgan fingerprint density at radius 2 is 1.71 bits per heavy atom. The Morgan fingerprint density at radius 3 is 2.38 bits per heavy atom. The Hall–Kier alpha value is -2.47. The molecule has 0 spiro atoms. The highest BCUT2D eigenvalue weighted by atomic mass is 16.2. The maximum Gasteiger partial charge on any atom is 0.272 e. The third kappa shape index (κ3) is 3.89. The standard InChI is InChI=1S/C18H23N5O/c1-13-4-6-15(7-5-13)20-18-19-14(2)12-16(21-18)17(24)23-10-8-22(3)9-11-23/h4-7,12H,8-11H2,1-3H3,(H,19,20,21). The first-order valence-electron chi connectivity index (χ1n) is 8.18. The number of likely N-dealkylation sites (N-methyl/N-ethyl adjacent to an activating group) is 1. The van der Waals surface area contributed by atoms with E-state index in [2.05, 4.69) is 27.2 Å². The number of piperazine rings is 1. The molecule has 1 fully saturated rings. The number of nitrogens with zero attached hydrogens (tertiary/aromatic N) is 4. The summed E-state index contributed by atoms with van der Waals surface area (Å²) in [6.07, 6.45) is 0. The molecule has 1 aliphatic rings. The fraction of sp³-hybridized carbons (Fsp3) is 0.389. The lowest BCUT2D eigenvalue weighted by Crippen LogP contribution is -2.47. The number of carbonyl (C=O) groups excluding carboxylic acids is 1. The number of carbonyl (C=O) groups is 1. The van der Waals surface area contributed by atoms with Crippen LogP contribution >= 0.6 is 0 Å². The van der Waals surface area contributed by atoms with Crippen LogP contribution in [0.1, 0.15) is 21.7 Å². The van der Waals surface area contributed by atoms with Crippen LogP contribution in [0.2, 0.25) is 0 Å². The molecular formula is C18H23N5O. The molecule has 1 aromatic heterocycles. The monoisotopic (exact) mass is 325 g/mol. The summed E-state index contributed by atoms with van der Waals surface area (Å²) in [6.45, 7) is 7.18. The van der Waals surface area contributed by atoms with Gasteiger partial charge in [-0.2, -0.15) is 0 Å². The highest BCUT2D eigenvalue weighted by molar-refractivity contribution is 5.92. The average molecular weight is 325 g/mol. The second kappa shape index (κ2) is 6.97.